The van der Waals surface area contributed by atoms with Gasteiger partial charge in [-0.05, 0) is 12.5 Å². The molecule has 0 aliphatic heterocycles. The highest BCUT2D eigenvalue weighted by molar-refractivity contribution is 5.89. The van der Waals surface area contributed by atoms with Crippen LogP contribution in [-0.4, -0.2) is 18.5 Å². The Hall–Kier alpha value is -1.32. The molecule has 0 aromatic rings. The maximum absolute atomic E-state index is 10.6. The van der Waals surface area contributed by atoms with Crippen molar-refractivity contribution in [3.05, 3.63) is 12.2 Å². The van der Waals surface area contributed by atoms with Crippen LogP contribution in [0.4, 0.5) is 0 Å². The molecule has 0 aliphatic rings. The quantitative estimate of drug-likeness (QED) is 0.322. The smallest absolute Gasteiger partial charge is 0.330 e. The summed E-state index contributed by atoms with van der Waals surface area (Å²) in [5, 5.41) is 9.83. The Morgan fingerprint density at radius 1 is 1.42 bits per heavy atom. The molecule has 0 spiro atoms. The Morgan fingerprint density at radius 3 is 2.58 bits per heavy atom. The van der Waals surface area contributed by atoms with Crippen LogP contribution in [0.1, 0.15) is 19.8 Å². The minimum absolute atomic E-state index is 0.326. The molecule has 0 unspecified atom stereocenters. The van der Waals surface area contributed by atoms with Crippen LogP contribution in [0.2, 0.25) is 0 Å². The summed E-state index contributed by atoms with van der Waals surface area (Å²) in [6.45, 7) is 2.29. The summed E-state index contributed by atoms with van der Waals surface area (Å²) in [5.41, 5.74) is 0. The molecule has 0 aliphatic carbocycles. The standard InChI is InChI=1S/C8H12O4/c1-2-3-6-12-8(11)5-4-7(9)10/h4-5H,2-3,6H2,1H3,(H,9,10)/p-1. The van der Waals surface area contributed by atoms with E-state index in [4.69, 9.17) is 0 Å². The number of carbonyl (C=O) groups excluding carboxylic acids is 2. The molecular formula is C8H11O4-. The van der Waals surface area contributed by atoms with E-state index in [2.05, 4.69) is 4.74 Å². The van der Waals surface area contributed by atoms with Crippen molar-refractivity contribution in [2.24, 2.45) is 0 Å². The van der Waals surface area contributed by atoms with E-state index in [1.54, 1.807) is 0 Å². The monoisotopic (exact) mass is 171 g/mol. The van der Waals surface area contributed by atoms with E-state index in [1.807, 2.05) is 6.92 Å². The van der Waals surface area contributed by atoms with Gasteiger partial charge in [0.25, 0.3) is 0 Å². The lowest BCUT2D eigenvalue weighted by Crippen LogP contribution is -2.19. The minimum Gasteiger partial charge on any atom is -0.545 e. The summed E-state index contributed by atoms with van der Waals surface area (Å²) >= 11 is 0. The summed E-state index contributed by atoms with van der Waals surface area (Å²) in [6.07, 6.45) is 3.20. The second-order valence-corrected chi connectivity index (χ2v) is 2.17. The second kappa shape index (κ2) is 6.39. The van der Waals surface area contributed by atoms with Crippen LogP contribution in [0.5, 0.6) is 0 Å². The van der Waals surface area contributed by atoms with Crippen molar-refractivity contribution in [2.45, 2.75) is 19.8 Å². The van der Waals surface area contributed by atoms with Gasteiger partial charge in [0.2, 0.25) is 0 Å². The molecule has 0 radical (unpaired) electrons. The highest BCUT2D eigenvalue weighted by Crippen LogP contribution is 1.89. The Morgan fingerprint density at radius 2 is 2.08 bits per heavy atom. The molecular weight excluding hydrogens is 160 g/mol. The molecule has 4 nitrogen and oxygen atoms in total. The number of hydrogen-bond donors (Lipinski definition) is 0. The van der Waals surface area contributed by atoms with Gasteiger partial charge in [0.15, 0.2) is 0 Å². The largest absolute Gasteiger partial charge is 0.545 e. The SMILES string of the molecule is CCCCOC(=O)C=CC(=O)[O-]. The number of carboxylic acid groups (broad SMARTS) is 1. The van der Waals surface area contributed by atoms with Crippen LogP contribution in [0.25, 0.3) is 0 Å². The van der Waals surface area contributed by atoms with Gasteiger partial charge >= 0.3 is 5.97 Å². The van der Waals surface area contributed by atoms with Crippen molar-refractivity contribution in [1.82, 2.24) is 0 Å². The third-order valence-electron chi connectivity index (χ3n) is 1.10. The average Bonchev–Trinajstić information content (AvgIpc) is 2.01. The highest BCUT2D eigenvalue weighted by Gasteiger charge is 1.94. The number of unbranched alkanes of at least 4 members (excludes halogenated alkanes) is 1. The molecule has 4 heteroatoms. The number of aliphatic carboxylic acids is 1. The number of esters is 1. The van der Waals surface area contributed by atoms with Crippen LogP contribution in [0.15, 0.2) is 12.2 Å². The van der Waals surface area contributed by atoms with E-state index in [1.165, 1.54) is 0 Å². The minimum atomic E-state index is -1.40. The highest BCUT2D eigenvalue weighted by atomic mass is 16.5. The summed E-state index contributed by atoms with van der Waals surface area (Å²) in [7, 11) is 0. The number of hydrogen-bond acceptors (Lipinski definition) is 4. The van der Waals surface area contributed by atoms with E-state index >= 15 is 0 Å². The van der Waals surface area contributed by atoms with Crippen LogP contribution in [0, 0.1) is 0 Å². The fourth-order valence-electron chi connectivity index (χ4n) is 0.501. The molecule has 0 amide bonds. The third kappa shape index (κ3) is 6.80. The lowest BCUT2D eigenvalue weighted by Gasteiger charge is -1.98. The van der Waals surface area contributed by atoms with Gasteiger partial charge in [-0.25, -0.2) is 4.79 Å². The molecule has 0 atom stereocenters. The number of carbonyl (C=O) groups is 2. The second-order valence-electron chi connectivity index (χ2n) is 2.17. The third-order valence-corrected chi connectivity index (χ3v) is 1.10. The predicted molar refractivity (Wildman–Crippen MR) is 40.0 cm³/mol. The first-order valence-electron chi connectivity index (χ1n) is 3.72. The topological polar surface area (TPSA) is 66.4 Å². The maximum Gasteiger partial charge on any atom is 0.330 e. The summed E-state index contributed by atoms with van der Waals surface area (Å²) in [4.78, 5) is 20.5. The molecule has 0 bridgehead atoms. The Balaban J connectivity index is 3.53. The van der Waals surface area contributed by atoms with E-state index in [-0.39, 0.29) is 0 Å². The van der Waals surface area contributed by atoms with Crippen LogP contribution in [0.3, 0.4) is 0 Å². The molecule has 0 fully saturated rings. The van der Waals surface area contributed by atoms with Crippen molar-refractivity contribution in [2.75, 3.05) is 6.61 Å². The van der Waals surface area contributed by atoms with Crippen molar-refractivity contribution >= 4 is 11.9 Å². The van der Waals surface area contributed by atoms with Gasteiger partial charge in [0.05, 0.1) is 12.6 Å². The first kappa shape index (κ1) is 10.7. The zero-order chi connectivity index (χ0) is 9.40. The molecule has 0 aromatic heterocycles. The van der Waals surface area contributed by atoms with Crippen LogP contribution < -0.4 is 5.11 Å². The number of ether oxygens (including phenoxy) is 1. The zero-order valence-electron chi connectivity index (χ0n) is 6.91. The van der Waals surface area contributed by atoms with Crippen molar-refractivity contribution in [3.63, 3.8) is 0 Å². The van der Waals surface area contributed by atoms with Gasteiger partial charge in [-0.3, -0.25) is 0 Å². The lowest BCUT2D eigenvalue weighted by molar-refractivity contribution is -0.297. The number of carboxylic acids is 1. The Bertz CT molecular complexity index is 183. The van der Waals surface area contributed by atoms with Gasteiger partial charge < -0.3 is 14.6 Å². The molecule has 0 rings (SSSR count). The van der Waals surface area contributed by atoms with Crippen molar-refractivity contribution < 1.29 is 19.4 Å². The van der Waals surface area contributed by atoms with Crippen LogP contribution in [-0.2, 0) is 14.3 Å². The molecule has 0 saturated heterocycles. The van der Waals surface area contributed by atoms with Gasteiger partial charge in [-0.2, -0.15) is 0 Å². The fourth-order valence-corrected chi connectivity index (χ4v) is 0.501. The molecule has 0 N–H and O–H groups in total. The lowest BCUT2D eigenvalue weighted by atomic mass is 10.4. The van der Waals surface area contributed by atoms with Crippen LogP contribution >= 0.6 is 0 Å². The van der Waals surface area contributed by atoms with E-state index in [9.17, 15) is 14.7 Å². The molecule has 68 valence electrons. The van der Waals surface area contributed by atoms with E-state index in [0.717, 1.165) is 18.9 Å². The fraction of sp³-hybridized carbons (Fsp3) is 0.500. The molecule has 0 heterocycles. The maximum atomic E-state index is 10.6. The summed E-state index contributed by atoms with van der Waals surface area (Å²) in [5.74, 6) is -2.05. The first-order valence-corrected chi connectivity index (χ1v) is 3.72. The molecule has 0 aromatic carbocycles. The van der Waals surface area contributed by atoms with Crippen molar-refractivity contribution in [1.29, 1.82) is 0 Å². The Kier molecular flexibility index (Phi) is 5.69. The van der Waals surface area contributed by atoms with Crippen molar-refractivity contribution in [3.8, 4) is 0 Å². The molecule has 12 heavy (non-hydrogen) atoms. The average molecular weight is 171 g/mol. The molecule has 0 saturated carbocycles. The summed E-state index contributed by atoms with van der Waals surface area (Å²) < 4.78 is 4.62. The Labute approximate surface area is 70.8 Å². The predicted octanol–water partition coefficient (Wildman–Crippen LogP) is -0.364. The summed E-state index contributed by atoms with van der Waals surface area (Å²) in [6, 6.07) is 0. The van der Waals surface area contributed by atoms with E-state index in [0.29, 0.717) is 12.7 Å². The zero-order valence-corrected chi connectivity index (χ0v) is 6.91. The normalized spacial score (nSPS) is 10.1. The van der Waals surface area contributed by atoms with Gasteiger partial charge in [-0.15, -0.1) is 0 Å². The van der Waals surface area contributed by atoms with Gasteiger partial charge in [0, 0.05) is 6.08 Å². The number of rotatable bonds is 5. The van der Waals surface area contributed by atoms with Gasteiger partial charge in [-0.1, -0.05) is 13.3 Å². The van der Waals surface area contributed by atoms with Gasteiger partial charge in [0.1, 0.15) is 0 Å². The first-order chi connectivity index (χ1) is 5.66. The van der Waals surface area contributed by atoms with E-state index < -0.39 is 11.9 Å².